The monoisotopic (exact) mass is 216 g/mol. The summed E-state index contributed by atoms with van der Waals surface area (Å²) in [7, 11) is 1.85. The summed E-state index contributed by atoms with van der Waals surface area (Å²) in [5, 5.41) is 12.1. The first-order valence-electron chi connectivity index (χ1n) is 5.36. The van der Waals surface area contributed by atoms with Crippen molar-refractivity contribution in [1.29, 1.82) is 0 Å². The summed E-state index contributed by atoms with van der Waals surface area (Å²) in [6, 6.07) is -0.0971. The highest BCUT2D eigenvalue weighted by Crippen LogP contribution is 2.14. The molecule has 0 aromatic carbocycles. The van der Waals surface area contributed by atoms with Gasteiger partial charge in [-0.15, -0.1) is 0 Å². The van der Waals surface area contributed by atoms with E-state index in [0.717, 1.165) is 0 Å². The summed E-state index contributed by atoms with van der Waals surface area (Å²) in [5.74, 6) is -0.00553. The van der Waals surface area contributed by atoms with Crippen molar-refractivity contribution >= 4 is 5.91 Å². The average molecular weight is 216 g/mol. The summed E-state index contributed by atoms with van der Waals surface area (Å²) in [4.78, 5) is 13.6. The largest absolute Gasteiger partial charge is 0.394 e. The smallest absolute Gasteiger partial charge is 0.237 e. The topological polar surface area (TPSA) is 52.6 Å². The second-order valence-corrected chi connectivity index (χ2v) is 4.92. The Hall–Kier alpha value is -0.610. The first kappa shape index (κ1) is 14.4. The normalized spacial score (nSPS) is 14.5. The van der Waals surface area contributed by atoms with Crippen LogP contribution in [0.5, 0.6) is 0 Å². The van der Waals surface area contributed by atoms with Gasteiger partial charge in [0.1, 0.15) is 0 Å². The van der Waals surface area contributed by atoms with E-state index in [2.05, 4.69) is 5.32 Å². The fraction of sp³-hybridized carbons (Fsp3) is 0.909. The minimum Gasteiger partial charge on any atom is -0.394 e. The van der Waals surface area contributed by atoms with Gasteiger partial charge in [0.05, 0.1) is 12.6 Å². The number of aliphatic hydroxyl groups excluding tert-OH is 1. The van der Waals surface area contributed by atoms with Crippen LogP contribution in [0.2, 0.25) is 0 Å². The molecule has 15 heavy (non-hydrogen) atoms. The lowest BCUT2D eigenvalue weighted by Gasteiger charge is -2.37. The number of hydrogen-bond acceptors (Lipinski definition) is 3. The Morgan fingerprint density at radius 1 is 1.40 bits per heavy atom. The number of nitrogens with one attached hydrogen (secondary N) is 1. The van der Waals surface area contributed by atoms with E-state index >= 15 is 0 Å². The Balaban J connectivity index is 4.44. The van der Waals surface area contributed by atoms with Gasteiger partial charge in [-0.1, -0.05) is 0 Å². The predicted octanol–water partition coefficient (Wildman–Crippen LogP) is 0.602. The summed E-state index contributed by atoms with van der Waals surface area (Å²) in [6.07, 6.45) is 0. The lowest BCUT2D eigenvalue weighted by atomic mass is 10.0. The minimum absolute atomic E-state index is 0.00553. The molecule has 0 spiro atoms. The zero-order chi connectivity index (χ0) is 12.2. The molecular formula is C11H24N2O2. The first-order valence-corrected chi connectivity index (χ1v) is 5.36. The Morgan fingerprint density at radius 2 is 1.87 bits per heavy atom. The third-order valence-electron chi connectivity index (χ3n) is 2.73. The zero-order valence-electron chi connectivity index (χ0n) is 10.7. The van der Waals surface area contributed by atoms with Gasteiger partial charge in [-0.25, -0.2) is 0 Å². The zero-order valence-corrected chi connectivity index (χ0v) is 10.7. The summed E-state index contributed by atoms with van der Waals surface area (Å²) >= 11 is 0. The molecule has 0 aliphatic rings. The van der Waals surface area contributed by atoms with Crippen molar-refractivity contribution in [1.82, 2.24) is 10.2 Å². The Bertz CT molecular complexity index is 215. The van der Waals surface area contributed by atoms with E-state index in [1.165, 1.54) is 0 Å². The van der Waals surface area contributed by atoms with Gasteiger partial charge in [0.2, 0.25) is 5.91 Å². The Morgan fingerprint density at radius 3 is 2.20 bits per heavy atom. The van der Waals surface area contributed by atoms with E-state index < -0.39 is 0 Å². The van der Waals surface area contributed by atoms with Crippen molar-refractivity contribution in [2.75, 3.05) is 13.7 Å². The van der Waals surface area contributed by atoms with Crippen molar-refractivity contribution in [2.24, 2.45) is 0 Å². The van der Waals surface area contributed by atoms with Gasteiger partial charge < -0.3 is 10.4 Å². The number of carbonyl (C=O) groups is 1. The van der Waals surface area contributed by atoms with Crippen molar-refractivity contribution in [2.45, 2.75) is 52.2 Å². The maximum absolute atomic E-state index is 11.7. The molecule has 0 aromatic heterocycles. The molecule has 0 aliphatic carbocycles. The van der Waals surface area contributed by atoms with Crippen LogP contribution in [0, 0.1) is 0 Å². The van der Waals surface area contributed by atoms with Gasteiger partial charge in [0.15, 0.2) is 0 Å². The second-order valence-electron chi connectivity index (χ2n) is 4.92. The highest BCUT2D eigenvalue weighted by Gasteiger charge is 2.30. The molecule has 4 nitrogen and oxygen atoms in total. The molecular weight excluding hydrogens is 192 g/mol. The lowest BCUT2D eigenvalue weighted by molar-refractivity contribution is -0.128. The van der Waals surface area contributed by atoms with Crippen LogP contribution in [0.15, 0.2) is 0 Å². The van der Waals surface area contributed by atoms with Crippen LogP contribution in [0.3, 0.4) is 0 Å². The van der Waals surface area contributed by atoms with E-state index in [1.807, 2.05) is 46.6 Å². The van der Waals surface area contributed by atoms with Gasteiger partial charge in [0, 0.05) is 11.6 Å². The number of amides is 1. The minimum atomic E-state index is -0.381. The Kier molecular flexibility index (Phi) is 5.24. The van der Waals surface area contributed by atoms with Gasteiger partial charge in [-0.05, 0) is 41.7 Å². The quantitative estimate of drug-likeness (QED) is 0.707. The Labute approximate surface area is 92.7 Å². The van der Waals surface area contributed by atoms with Crippen LogP contribution in [0.1, 0.15) is 34.6 Å². The van der Waals surface area contributed by atoms with Crippen molar-refractivity contribution in [3.05, 3.63) is 0 Å². The standard InChI is InChI=1S/C11H24N2O2/c1-8(2)12-10(15)9(3)13(6)11(4,5)7-14/h8-9,14H,7H2,1-6H3,(H,12,15). The third-order valence-corrected chi connectivity index (χ3v) is 2.73. The molecule has 0 saturated heterocycles. The van der Waals surface area contributed by atoms with Crippen LogP contribution < -0.4 is 5.32 Å². The molecule has 4 heteroatoms. The summed E-state index contributed by atoms with van der Waals surface area (Å²) in [5.41, 5.74) is -0.381. The van der Waals surface area contributed by atoms with Crippen molar-refractivity contribution in [3.8, 4) is 0 Å². The van der Waals surface area contributed by atoms with Gasteiger partial charge in [-0.2, -0.15) is 0 Å². The average Bonchev–Trinajstić information content (AvgIpc) is 2.14. The van der Waals surface area contributed by atoms with E-state index in [0.29, 0.717) is 0 Å². The fourth-order valence-electron chi connectivity index (χ4n) is 1.22. The van der Waals surface area contributed by atoms with E-state index in [4.69, 9.17) is 0 Å². The number of hydrogen-bond donors (Lipinski definition) is 2. The molecule has 0 fully saturated rings. The number of carbonyl (C=O) groups excluding carboxylic acids is 1. The fourth-order valence-corrected chi connectivity index (χ4v) is 1.22. The molecule has 0 bridgehead atoms. The van der Waals surface area contributed by atoms with E-state index in [1.54, 1.807) is 0 Å². The lowest BCUT2D eigenvalue weighted by Crippen LogP contribution is -2.54. The molecule has 0 aliphatic heterocycles. The number of likely N-dealkylation sites (N-methyl/N-ethyl adjacent to an activating group) is 1. The van der Waals surface area contributed by atoms with Crippen LogP contribution >= 0.6 is 0 Å². The first-order chi connectivity index (χ1) is 6.72. The van der Waals surface area contributed by atoms with E-state index in [-0.39, 0.29) is 30.1 Å². The SMILES string of the molecule is CC(C)NC(=O)C(C)N(C)C(C)(C)CO. The second kappa shape index (κ2) is 5.47. The molecule has 90 valence electrons. The number of rotatable bonds is 5. The third kappa shape index (κ3) is 4.18. The van der Waals surface area contributed by atoms with Gasteiger partial charge >= 0.3 is 0 Å². The van der Waals surface area contributed by atoms with Crippen LogP contribution in [0.25, 0.3) is 0 Å². The molecule has 2 N–H and O–H groups in total. The molecule has 1 unspecified atom stereocenters. The highest BCUT2D eigenvalue weighted by atomic mass is 16.3. The maximum atomic E-state index is 11.7. The van der Waals surface area contributed by atoms with Crippen LogP contribution in [-0.4, -0.2) is 47.2 Å². The molecule has 1 amide bonds. The van der Waals surface area contributed by atoms with Crippen molar-refractivity contribution < 1.29 is 9.90 Å². The number of nitrogens with zero attached hydrogens (tertiary/aromatic N) is 1. The molecule has 0 heterocycles. The number of aliphatic hydroxyl groups is 1. The van der Waals surface area contributed by atoms with Crippen LogP contribution in [-0.2, 0) is 4.79 Å². The highest BCUT2D eigenvalue weighted by molar-refractivity contribution is 5.81. The molecule has 0 aromatic rings. The predicted molar refractivity (Wildman–Crippen MR) is 61.7 cm³/mol. The maximum Gasteiger partial charge on any atom is 0.237 e. The molecule has 0 saturated carbocycles. The van der Waals surface area contributed by atoms with Gasteiger partial charge in [-0.3, -0.25) is 9.69 Å². The van der Waals surface area contributed by atoms with Crippen molar-refractivity contribution in [3.63, 3.8) is 0 Å². The molecule has 0 rings (SSSR count). The molecule has 1 atom stereocenters. The van der Waals surface area contributed by atoms with Gasteiger partial charge in [0.25, 0.3) is 0 Å². The summed E-state index contributed by atoms with van der Waals surface area (Å²) in [6.45, 7) is 9.56. The molecule has 0 radical (unpaired) electrons. The van der Waals surface area contributed by atoms with E-state index in [9.17, 15) is 9.90 Å². The summed E-state index contributed by atoms with van der Waals surface area (Å²) < 4.78 is 0. The van der Waals surface area contributed by atoms with Crippen LogP contribution in [0.4, 0.5) is 0 Å².